The number of carbonyl (C=O) groups is 1. The molecule has 8 nitrogen and oxygen atoms in total. The largest absolute Gasteiger partial charge is 0.454 e. The molecular formula is C20H19N5O3. The molecule has 0 saturated heterocycles. The molecule has 0 atom stereocenters. The second kappa shape index (κ2) is 7.43. The van der Waals surface area contributed by atoms with Crippen LogP contribution < -0.4 is 25.0 Å². The molecule has 1 aliphatic rings. The number of nitrogens with zero attached hydrogens (tertiary/aromatic N) is 3. The molecule has 0 saturated carbocycles. The van der Waals surface area contributed by atoms with Crippen molar-refractivity contribution in [1.82, 2.24) is 9.97 Å². The molecule has 0 spiro atoms. The van der Waals surface area contributed by atoms with Gasteiger partial charge in [-0.05, 0) is 36.4 Å². The average Bonchev–Trinajstić information content (AvgIpc) is 3.17. The van der Waals surface area contributed by atoms with Crippen molar-refractivity contribution in [3.8, 4) is 11.5 Å². The minimum absolute atomic E-state index is 0.185. The topological polar surface area (TPSA) is 88.6 Å². The minimum Gasteiger partial charge on any atom is -0.454 e. The van der Waals surface area contributed by atoms with E-state index in [1.807, 2.05) is 43.3 Å². The van der Waals surface area contributed by atoms with Crippen molar-refractivity contribution in [2.24, 2.45) is 0 Å². The molecule has 1 aliphatic heterocycles. The Morgan fingerprint density at radius 2 is 1.71 bits per heavy atom. The number of amides is 1. The number of aromatic nitrogens is 2. The molecule has 0 fully saturated rings. The van der Waals surface area contributed by atoms with Crippen molar-refractivity contribution in [1.29, 1.82) is 0 Å². The van der Waals surface area contributed by atoms with Crippen LogP contribution in [0.1, 0.15) is 10.5 Å². The summed E-state index contributed by atoms with van der Waals surface area (Å²) >= 11 is 0. The first kappa shape index (κ1) is 17.6. The zero-order valence-electron chi connectivity index (χ0n) is 15.5. The second-order valence-electron chi connectivity index (χ2n) is 6.38. The van der Waals surface area contributed by atoms with Gasteiger partial charge in [-0.15, -0.1) is 0 Å². The quantitative estimate of drug-likeness (QED) is 0.705. The lowest BCUT2D eigenvalue weighted by atomic mass is 10.2. The fraction of sp³-hybridized carbons (Fsp3) is 0.150. The average molecular weight is 377 g/mol. The Labute approximate surface area is 162 Å². The summed E-state index contributed by atoms with van der Waals surface area (Å²) in [5.41, 5.74) is 2.80. The van der Waals surface area contributed by atoms with E-state index in [9.17, 15) is 4.79 Å². The van der Waals surface area contributed by atoms with E-state index in [-0.39, 0.29) is 18.4 Å². The summed E-state index contributed by atoms with van der Waals surface area (Å²) in [7, 11) is 3.97. The van der Waals surface area contributed by atoms with E-state index in [1.165, 1.54) is 12.4 Å². The van der Waals surface area contributed by atoms with E-state index in [2.05, 4.69) is 20.6 Å². The van der Waals surface area contributed by atoms with Gasteiger partial charge in [0.15, 0.2) is 11.5 Å². The van der Waals surface area contributed by atoms with Gasteiger partial charge in [-0.2, -0.15) is 0 Å². The molecule has 8 heteroatoms. The fourth-order valence-corrected chi connectivity index (χ4v) is 2.67. The van der Waals surface area contributed by atoms with Gasteiger partial charge in [-0.25, -0.2) is 9.97 Å². The normalized spacial score (nSPS) is 11.8. The smallest absolute Gasteiger partial charge is 0.275 e. The highest BCUT2D eigenvalue weighted by Crippen LogP contribution is 2.34. The number of benzene rings is 2. The lowest BCUT2D eigenvalue weighted by Crippen LogP contribution is -2.14. The number of fused-ring (bicyclic) bond motifs is 1. The fourth-order valence-electron chi connectivity index (χ4n) is 2.67. The van der Waals surface area contributed by atoms with Crippen molar-refractivity contribution in [2.75, 3.05) is 36.4 Å². The molecule has 0 bridgehead atoms. The van der Waals surface area contributed by atoms with Gasteiger partial charge in [0.05, 0.1) is 12.4 Å². The maximum absolute atomic E-state index is 12.4. The molecule has 4 rings (SSSR count). The summed E-state index contributed by atoms with van der Waals surface area (Å²) in [5, 5.41) is 5.93. The minimum atomic E-state index is -0.353. The van der Waals surface area contributed by atoms with Crippen LogP contribution in [0.2, 0.25) is 0 Å². The third-order valence-electron chi connectivity index (χ3n) is 4.17. The van der Waals surface area contributed by atoms with Gasteiger partial charge >= 0.3 is 0 Å². The van der Waals surface area contributed by atoms with Crippen LogP contribution in [0.15, 0.2) is 54.9 Å². The summed E-state index contributed by atoms with van der Waals surface area (Å²) in [6.45, 7) is 0.185. The van der Waals surface area contributed by atoms with E-state index in [0.29, 0.717) is 23.0 Å². The number of anilines is 4. The Bertz CT molecular complexity index is 988. The first-order valence-corrected chi connectivity index (χ1v) is 8.66. The van der Waals surface area contributed by atoms with Crippen LogP contribution >= 0.6 is 0 Å². The number of nitrogens with one attached hydrogen (secondary N) is 2. The van der Waals surface area contributed by atoms with Crippen molar-refractivity contribution in [2.45, 2.75) is 0 Å². The standard InChI is InChI=1S/C20H19N5O3/c1-25(2)15-6-3-13(4-7-15)23-19-11-21-16(10-22-19)20(26)24-14-5-8-17-18(9-14)28-12-27-17/h3-11H,12H2,1-2H3,(H,22,23)(H,24,26). The number of carbonyl (C=O) groups excluding carboxylic acids is 1. The predicted molar refractivity (Wildman–Crippen MR) is 107 cm³/mol. The van der Waals surface area contributed by atoms with E-state index < -0.39 is 0 Å². The Hall–Kier alpha value is -3.81. The first-order valence-electron chi connectivity index (χ1n) is 8.66. The number of hydrogen-bond donors (Lipinski definition) is 2. The van der Waals surface area contributed by atoms with Crippen LogP contribution in [0.4, 0.5) is 22.9 Å². The summed E-state index contributed by atoms with van der Waals surface area (Å²) in [5.74, 6) is 1.46. The van der Waals surface area contributed by atoms with Crippen LogP contribution in [-0.4, -0.2) is 36.8 Å². The highest BCUT2D eigenvalue weighted by Gasteiger charge is 2.15. The zero-order valence-corrected chi connectivity index (χ0v) is 15.5. The first-order chi connectivity index (χ1) is 13.6. The van der Waals surface area contributed by atoms with Gasteiger partial charge in [0.25, 0.3) is 5.91 Å². The second-order valence-corrected chi connectivity index (χ2v) is 6.38. The van der Waals surface area contributed by atoms with Gasteiger partial charge in [-0.3, -0.25) is 4.79 Å². The maximum atomic E-state index is 12.4. The molecule has 0 unspecified atom stereocenters. The van der Waals surface area contributed by atoms with E-state index >= 15 is 0 Å². The SMILES string of the molecule is CN(C)c1ccc(Nc2cnc(C(=O)Nc3ccc4c(c3)OCO4)cn2)cc1. The third kappa shape index (κ3) is 3.80. The van der Waals surface area contributed by atoms with Gasteiger partial charge in [0.1, 0.15) is 11.5 Å². The summed E-state index contributed by atoms with van der Waals surface area (Å²) in [4.78, 5) is 22.8. The van der Waals surface area contributed by atoms with Crippen LogP contribution in [0, 0.1) is 0 Å². The molecule has 0 aliphatic carbocycles. The Morgan fingerprint density at radius 3 is 2.43 bits per heavy atom. The number of hydrogen-bond acceptors (Lipinski definition) is 7. The van der Waals surface area contributed by atoms with Crippen molar-refractivity contribution in [3.05, 3.63) is 60.6 Å². The molecule has 1 amide bonds. The van der Waals surface area contributed by atoms with Crippen LogP contribution in [0.5, 0.6) is 11.5 Å². The molecule has 1 aromatic heterocycles. The number of ether oxygens (including phenoxy) is 2. The van der Waals surface area contributed by atoms with Crippen molar-refractivity contribution in [3.63, 3.8) is 0 Å². The van der Waals surface area contributed by atoms with E-state index in [1.54, 1.807) is 18.2 Å². The molecule has 28 heavy (non-hydrogen) atoms. The maximum Gasteiger partial charge on any atom is 0.275 e. The van der Waals surface area contributed by atoms with Crippen LogP contribution in [0.3, 0.4) is 0 Å². The Morgan fingerprint density at radius 1 is 0.964 bits per heavy atom. The summed E-state index contributed by atoms with van der Waals surface area (Å²) in [6, 6.07) is 13.1. The van der Waals surface area contributed by atoms with Crippen LogP contribution in [-0.2, 0) is 0 Å². The summed E-state index contributed by atoms with van der Waals surface area (Å²) < 4.78 is 10.6. The lowest BCUT2D eigenvalue weighted by Gasteiger charge is -2.13. The highest BCUT2D eigenvalue weighted by molar-refractivity contribution is 6.02. The Balaban J connectivity index is 1.40. The van der Waals surface area contributed by atoms with Gasteiger partial charge in [0, 0.05) is 37.2 Å². The van der Waals surface area contributed by atoms with Gasteiger partial charge < -0.3 is 25.0 Å². The van der Waals surface area contributed by atoms with Crippen molar-refractivity contribution < 1.29 is 14.3 Å². The molecule has 142 valence electrons. The zero-order chi connectivity index (χ0) is 19.5. The molecule has 2 heterocycles. The number of rotatable bonds is 5. The van der Waals surface area contributed by atoms with Gasteiger partial charge in [0.2, 0.25) is 6.79 Å². The van der Waals surface area contributed by atoms with Crippen molar-refractivity contribution >= 4 is 28.8 Å². The Kier molecular flexibility index (Phi) is 4.67. The third-order valence-corrected chi connectivity index (χ3v) is 4.17. The van der Waals surface area contributed by atoms with Crippen LogP contribution in [0.25, 0.3) is 0 Å². The predicted octanol–water partition coefficient (Wildman–Crippen LogP) is 3.27. The molecule has 3 aromatic rings. The molecule has 2 N–H and O–H groups in total. The summed E-state index contributed by atoms with van der Waals surface area (Å²) in [6.07, 6.45) is 2.95. The van der Waals surface area contributed by atoms with E-state index in [4.69, 9.17) is 9.47 Å². The molecule has 2 aromatic carbocycles. The molecule has 0 radical (unpaired) electrons. The van der Waals surface area contributed by atoms with E-state index in [0.717, 1.165) is 11.4 Å². The lowest BCUT2D eigenvalue weighted by molar-refractivity contribution is 0.102. The molecular weight excluding hydrogens is 358 g/mol. The monoisotopic (exact) mass is 377 g/mol. The highest BCUT2D eigenvalue weighted by atomic mass is 16.7. The van der Waals surface area contributed by atoms with Gasteiger partial charge in [-0.1, -0.05) is 0 Å².